The highest BCUT2D eigenvalue weighted by molar-refractivity contribution is 5.82. The lowest BCUT2D eigenvalue weighted by atomic mass is 10.2. The van der Waals surface area contributed by atoms with Crippen molar-refractivity contribution in [1.29, 1.82) is 0 Å². The van der Waals surface area contributed by atoms with Gasteiger partial charge in [-0.15, -0.1) is 0 Å². The van der Waals surface area contributed by atoms with E-state index in [0.29, 0.717) is 41.9 Å². The number of aromatic nitrogens is 2. The summed E-state index contributed by atoms with van der Waals surface area (Å²) in [6.07, 6.45) is 3.77. The SMILES string of the molecule is CCCCNC(=O)COC(=O)CCCn1cnc2cc(OC)c(OC)cc2c1=O. The van der Waals surface area contributed by atoms with E-state index in [0.717, 1.165) is 12.8 Å². The summed E-state index contributed by atoms with van der Waals surface area (Å²) in [5, 5.41) is 3.07. The van der Waals surface area contributed by atoms with Crippen LogP contribution in [0.3, 0.4) is 0 Å². The van der Waals surface area contributed by atoms with E-state index < -0.39 is 5.97 Å². The molecule has 1 amide bonds. The number of nitrogens with one attached hydrogen (secondary N) is 1. The Morgan fingerprint density at radius 3 is 2.55 bits per heavy atom. The fourth-order valence-electron chi connectivity index (χ4n) is 2.71. The van der Waals surface area contributed by atoms with Gasteiger partial charge in [0.1, 0.15) is 0 Å². The normalized spacial score (nSPS) is 10.6. The molecule has 1 aromatic carbocycles. The number of fused-ring (bicyclic) bond motifs is 1. The van der Waals surface area contributed by atoms with Gasteiger partial charge >= 0.3 is 5.97 Å². The average Bonchev–Trinajstić information content (AvgIpc) is 2.73. The monoisotopic (exact) mass is 405 g/mol. The van der Waals surface area contributed by atoms with Crippen molar-refractivity contribution in [1.82, 2.24) is 14.9 Å². The van der Waals surface area contributed by atoms with Crippen LogP contribution in [-0.2, 0) is 20.9 Å². The van der Waals surface area contributed by atoms with Crippen LogP contribution in [-0.4, -0.2) is 48.8 Å². The Morgan fingerprint density at radius 2 is 1.86 bits per heavy atom. The third kappa shape index (κ3) is 6.20. The molecule has 0 saturated heterocycles. The minimum Gasteiger partial charge on any atom is -0.493 e. The second-order valence-electron chi connectivity index (χ2n) is 6.44. The molecule has 1 N–H and O–H groups in total. The van der Waals surface area contributed by atoms with Crippen LogP contribution in [0.2, 0.25) is 0 Å². The molecule has 0 saturated carbocycles. The first-order valence-corrected chi connectivity index (χ1v) is 9.53. The molecule has 2 aromatic rings. The minimum atomic E-state index is -0.483. The van der Waals surface area contributed by atoms with Gasteiger partial charge in [-0.1, -0.05) is 13.3 Å². The lowest BCUT2D eigenvalue weighted by molar-refractivity contribution is -0.148. The maximum atomic E-state index is 12.7. The van der Waals surface area contributed by atoms with Crippen LogP contribution < -0.4 is 20.3 Å². The highest BCUT2D eigenvalue weighted by Crippen LogP contribution is 2.29. The van der Waals surface area contributed by atoms with Gasteiger partial charge in [-0.2, -0.15) is 0 Å². The number of hydrogen-bond donors (Lipinski definition) is 1. The van der Waals surface area contributed by atoms with Gasteiger partial charge < -0.3 is 19.5 Å². The van der Waals surface area contributed by atoms with Crippen molar-refractivity contribution < 1.29 is 23.8 Å². The van der Waals surface area contributed by atoms with Crippen molar-refractivity contribution in [3.63, 3.8) is 0 Å². The Balaban J connectivity index is 1.90. The van der Waals surface area contributed by atoms with Crippen molar-refractivity contribution in [2.24, 2.45) is 0 Å². The van der Waals surface area contributed by atoms with Gasteiger partial charge in [0, 0.05) is 25.6 Å². The van der Waals surface area contributed by atoms with Crippen molar-refractivity contribution in [3.05, 3.63) is 28.8 Å². The van der Waals surface area contributed by atoms with Gasteiger partial charge in [-0.25, -0.2) is 4.98 Å². The molecule has 0 bridgehead atoms. The van der Waals surface area contributed by atoms with Gasteiger partial charge in [0.15, 0.2) is 18.1 Å². The smallest absolute Gasteiger partial charge is 0.306 e. The third-order valence-electron chi connectivity index (χ3n) is 4.33. The Morgan fingerprint density at radius 1 is 1.14 bits per heavy atom. The lowest BCUT2D eigenvalue weighted by Gasteiger charge is -2.10. The number of esters is 1. The molecule has 0 aliphatic rings. The Bertz CT molecular complexity index is 909. The summed E-state index contributed by atoms with van der Waals surface area (Å²) >= 11 is 0. The number of unbranched alkanes of at least 4 members (excludes halogenated alkanes) is 1. The molecule has 1 heterocycles. The van der Waals surface area contributed by atoms with Gasteiger partial charge in [-0.05, 0) is 18.9 Å². The van der Waals surface area contributed by atoms with Crippen LogP contribution in [0.15, 0.2) is 23.3 Å². The molecule has 0 aliphatic heterocycles. The number of benzene rings is 1. The molecule has 0 aliphatic carbocycles. The van der Waals surface area contributed by atoms with Crippen molar-refractivity contribution in [2.45, 2.75) is 39.2 Å². The number of amides is 1. The topological polar surface area (TPSA) is 109 Å². The van der Waals surface area contributed by atoms with E-state index in [2.05, 4.69) is 10.3 Å². The zero-order valence-electron chi connectivity index (χ0n) is 17.0. The predicted octanol–water partition coefficient (Wildman–Crippen LogP) is 1.65. The molecule has 0 spiro atoms. The number of nitrogens with zero attached hydrogens (tertiary/aromatic N) is 2. The van der Waals surface area contributed by atoms with Gasteiger partial charge in [-0.3, -0.25) is 19.0 Å². The van der Waals surface area contributed by atoms with E-state index in [4.69, 9.17) is 14.2 Å². The predicted molar refractivity (Wildman–Crippen MR) is 107 cm³/mol. The molecule has 9 nitrogen and oxygen atoms in total. The molecule has 29 heavy (non-hydrogen) atoms. The fraction of sp³-hybridized carbons (Fsp3) is 0.500. The number of carbonyl (C=O) groups is 2. The van der Waals surface area contributed by atoms with Crippen molar-refractivity contribution in [3.8, 4) is 11.5 Å². The zero-order chi connectivity index (χ0) is 21.2. The highest BCUT2D eigenvalue weighted by Gasteiger charge is 2.12. The van der Waals surface area contributed by atoms with Crippen molar-refractivity contribution in [2.75, 3.05) is 27.4 Å². The molecular weight excluding hydrogens is 378 g/mol. The summed E-state index contributed by atoms with van der Waals surface area (Å²) in [5.41, 5.74) is 0.261. The Labute approximate surface area is 169 Å². The summed E-state index contributed by atoms with van der Waals surface area (Å²) in [6, 6.07) is 3.23. The first-order valence-electron chi connectivity index (χ1n) is 9.53. The van der Waals surface area contributed by atoms with E-state index in [-0.39, 0.29) is 24.5 Å². The number of carbonyl (C=O) groups excluding carboxylic acids is 2. The number of ether oxygens (including phenoxy) is 3. The summed E-state index contributed by atoms with van der Waals surface area (Å²) in [5.74, 6) is 0.138. The maximum absolute atomic E-state index is 12.7. The maximum Gasteiger partial charge on any atom is 0.306 e. The quantitative estimate of drug-likeness (QED) is 0.447. The summed E-state index contributed by atoms with van der Waals surface area (Å²) in [6.45, 7) is 2.60. The molecule has 0 fully saturated rings. The van der Waals surface area contributed by atoms with E-state index in [1.54, 1.807) is 12.1 Å². The summed E-state index contributed by atoms with van der Waals surface area (Å²) in [7, 11) is 3.01. The zero-order valence-corrected chi connectivity index (χ0v) is 17.0. The molecule has 0 atom stereocenters. The number of aryl methyl sites for hydroxylation is 1. The summed E-state index contributed by atoms with van der Waals surface area (Å²) < 4.78 is 16.8. The molecule has 158 valence electrons. The second-order valence-corrected chi connectivity index (χ2v) is 6.44. The minimum absolute atomic E-state index is 0.0959. The molecule has 9 heteroatoms. The van der Waals surface area contributed by atoms with Gasteiger partial charge in [0.05, 0.1) is 31.4 Å². The first-order chi connectivity index (χ1) is 14.0. The highest BCUT2D eigenvalue weighted by atomic mass is 16.5. The van der Waals surface area contributed by atoms with Crippen molar-refractivity contribution >= 4 is 22.8 Å². The fourth-order valence-corrected chi connectivity index (χ4v) is 2.71. The lowest BCUT2D eigenvalue weighted by Crippen LogP contribution is -2.29. The molecular formula is C20H27N3O6. The first kappa shape index (κ1) is 22.2. The molecule has 0 radical (unpaired) electrons. The Kier molecular flexibility index (Phi) is 8.45. The van der Waals surface area contributed by atoms with Gasteiger partial charge in [0.2, 0.25) is 0 Å². The van der Waals surface area contributed by atoms with Crippen LogP contribution in [0.1, 0.15) is 32.6 Å². The standard InChI is InChI=1S/C20H27N3O6/c1-4-5-8-21-18(24)12-29-19(25)7-6-9-23-13-22-15-11-17(28-3)16(27-2)10-14(15)20(23)26/h10-11,13H,4-9,12H2,1-3H3,(H,21,24). The van der Waals surface area contributed by atoms with Crippen LogP contribution in [0, 0.1) is 0 Å². The van der Waals surface area contributed by atoms with Crippen LogP contribution in [0.25, 0.3) is 10.9 Å². The van der Waals surface area contributed by atoms with Crippen LogP contribution in [0.5, 0.6) is 11.5 Å². The number of methoxy groups -OCH3 is 2. The molecule has 0 unspecified atom stereocenters. The van der Waals surface area contributed by atoms with E-state index in [1.165, 1.54) is 25.1 Å². The van der Waals surface area contributed by atoms with Gasteiger partial charge in [0.25, 0.3) is 11.5 Å². The Hall–Kier alpha value is -3.10. The number of rotatable bonds is 11. The van der Waals surface area contributed by atoms with Crippen LogP contribution >= 0.6 is 0 Å². The second kappa shape index (κ2) is 11.0. The average molecular weight is 405 g/mol. The molecule has 1 aromatic heterocycles. The number of hydrogen-bond acceptors (Lipinski definition) is 7. The van der Waals surface area contributed by atoms with E-state index in [1.807, 2.05) is 6.92 Å². The summed E-state index contributed by atoms with van der Waals surface area (Å²) in [4.78, 5) is 40.3. The van der Waals surface area contributed by atoms with Crippen LogP contribution in [0.4, 0.5) is 0 Å². The largest absolute Gasteiger partial charge is 0.493 e. The van der Waals surface area contributed by atoms with E-state index >= 15 is 0 Å². The van der Waals surface area contributed by atoms with E-state index in [9.17, 15) is 14.4 Å². The third-order valence-corrected chi connectivity index (χ3v) is 4.33. The molecule has 2 rings (SSSR count).